The lowest BCUT2D eigenvalue weighted by molar-refractivity contribution is 1.71. The second-order valence-corrected chi connectivity index (χ2v) is 1.55. The molecule has 0 nitrogen and oxygen atoms in total. The average Bonchev–Trinajstić information content (AvgIpc) is 1.38. The van der Waals surface area contributed by atoms with Gasteiger partial charge in [0.05, 0.1) is 0 Å². The molecular formula is C3H7BS. The highest BCUT2D eigenvalue weighted by Crippen LogP contribution is 1.96. The maximum Gasteiger partial charge on any atom is 0.107 e. The van der Waals surface area contributed by atoms with Gasteiger partial charge in [0.25, 0.3) is 0 Å². The van der Waals surface area contributed by atoms with Crippen molar-refractivity contribution in [3.05, 3.63) is 11.5 Å². The summed E-state index contributed by atoms with van der Waals surface area (Å²) in [7, 11) is 2.02. The van der Waals surface area contributed by atoms with E-state index in [0.29, 0.717) is 0 Å². The Kier molecular flexibility index (Phi) is 2.47. The van der Waals surface area contributed by atoms with Gasteiger partial charge < -0.3 is 0 Å². The van der Waals surface area contributed by atoms with Gasteiger partial charge in [-0.3, -0.25) is 0 Å². The third kappa shape index (κ3) is 4.15. The van der Waals surface area contributed by atoms with Crippen molar-refractivity contribution in [3.8, 4) is 0 Å². The second-order valence-electron chi connectivity index (χ2n) is 0.920. The predicted molar refractivity (Wildman–Crippen MR) is 31.5 cm³/mol. The smallest absolute Gasteiger partial charge is 0.107 e. The largest absolute Gasteiger partial charge is 0.149 e. The zero-order valence-corrected chi connectivity index (χ0v) is 4.26. The highest BCUT2D eigenvalue weighted by molar-refractivity contribution is 7.84. The highest BCUT2D eigenvalue weighted by atomic mass is 32.1. The van der Waals surface area contributed by atoms with Crippen LogP contribution >= 0.6 is 12.6 Å². The molecule has 0 aromatic rings. The van der Waals surface area contributed by atoms with Crippen molar-refractivity contribution in [1.82, 2.24) is 0 Å². The molecule has 0 N–H and O–H groups in total. The fourth-order valence-electron chi connectivity index (χ4n) is 0. The molecule has 28 valence electrons. The molecule has 0 spiro atoms. The first kappa shape index (κ1) is 5.15. The van der Waals surface area contributed by atoms with Crippen LogP contribution < -0.4 is 0 Å². The Morgan fingerprint density at radius 2 is 2.20 bits per heavy atom. The van der Waals surface area contributed by atoms with Crippen molar-refractivity contribution >= 4 is 20.5 Å². The van der Waals surface area contributed by atoms with Crippen LogP contribution in [0.25, 0.3) is 0 Å². The Bertz CT molecular complexity index is 42.2. The quantitative estimate of drug-likeness (QED) is 0.348. The monoisotopic (exact) mass is 86.0 g/mol. The molecule has 0 radical (unpaired) electrons. The van der Waals surface area contributed by atoms with Crippen molar-refractivity contribution in [2.24, 2.45) is 0 Å². The number of hydrogen-bond acceptors (Lipinski definition) is 1. The molecule has 0 heterocycles. The lowest BCUT2D eigenvalue weighted by Crippen LogP contribution is -1.59. The van der Waals surface area contributed by atoms with Crippen LogP contribution in [0.4, 0.5) is 0 Å². The van der Waals surface area contributed by atoms with Crippen molar-refractivity contribution in [2.75, 3.05) is 0 Å². The van der Waals surface area contributed by atoms with Gasteiger partial charge in [-0.05, 0) is 4.91 Å². The molecule has 0 aromatic carbocycles. The van der Waals surface area contributed by atoms with E-state index in [2.05, 4.69) is 19.2 Å². The van der Waals surface area contributed by atoms with Crippen molar-refractivity contribution in [2.45, 2.75) is 6.32 Å². The van der Waals surface area contributed by atoms with Crippen molar-refractivity contribution < 1.29 is 0 Å². The summed E-state index contributed by atoms with van der Waals surface area (Å²) >= 11 is 3.90. The van der Waals surface area contributed by atoms with Crippen LogP contribution in [0.3, 0.4) is 0 Å². The van der Waals surface area contributed by atoms with Crippen LogP contribution in [0.2, 0.25) is 6.32 Å². The first-order chi connectivity index (χ1) is 2.27. The average molecular weight is 86.0 g/mol. The molecule has 0 aromatic heterocycles. The first-order valence-corrected chi connectivity index (χ1v) is 2.09. The number of hydrogen-bond donors (Lipinski definition) is 1. The molecule has 0 saturated heterocycles. The fraction of sp³-hybridized carbons (Fsp3) is 0.333. The standard InChI is InChI=1S/C3H7BS/c1-3(5)2-4/h5H,1-2,4H2. The van der Waals surface area contributed by atoms with E-state index >= 15 is 0 Å². The molecule has 0 aliphatic carbocycles. The maximum atomic E-state index is 3.90. The third-order valence-corrected chi connectivity index (χ3v) is 0.724. The number of rotatable bonds is 1. The van der Waals surface area contributed by atoms with Gasteiger partial charge in [0, 0.05) is 0 Å². The van der Waals surface area contributed by atoms with Crippen LogP contribution in [-0.4, -0.2) is 7.85 Å². The van der Waals surface area contributed by atoms with E-state index < -0.39 is 0 Å². The first-order valence-electron chi connectivity index (χ1n) is 1.64. The SMILES string of the molecule is BCC(=C)S. The van der Waals surface area contributed by atoms with E-state index in [1.165, 1.54) is 0 Å². The third-order valence-electron chi connectivity index (χ3n) is 0.408. The molecule has 5 heavy (non-hydrogen) atoms. The topological polar surface area (TPSA) is 0 Å². The maximum absolute atomic E-state index is 3.90. The molecule has 0 saturated carbocycles. The zero-order valence-electron chi connectivity index (χ0n) is 3.36. The molecular weight excluding hydrogens is 78.9 g/mol. The van der Waals surface area contributed by atoms with Gasteiger partial charge in [0.1, 0.15) is 7.85 Å². The van der Waals surface area contributed by atoms with E-state index in [1.807, 2.05) is 7.85 Å². The van der Waals surface area contributed by atoms with E-state index in [4.69, 9.17) is 0 Å². The van der Waals surface area contributed by atoms with E-state index in [9.17, 15) is 0 Å². The van der Waals surface area contributed by atoms with Crippen LogP contribution in [-0.2, 0) is 0 Å². The number of allylic oxidation sites excluding steroid dienone is 1. The van der Waals surface area contributed by atoms with E-state index in [0.717, 1.165) is 11.2 Å². The molecule has 0 rings (SSSR count). The summed E-state index contributed by atoms with van der Waals surface area (Å²) < 4.78 is 0. The van der Waals surface area contributed by atoms with Gasteiger partial charge in [-0.15, -0.1) is 12.6 Å². The Morgan fingerprint density at radius 3 is 2.20 bits per heavy atom. The molecule has 2 heteroatoms. The summed E-state index contributed by atoms with van der Waals surface area (Å²) in [6.45, 7) is 3.54. The van der Waals surface area contributed by atoms with Gasteiger partial charge >= 0.3 is 0 Å². The van der Waals surface area contributed by atoms with Gasteiger partial charge in [0.2, 0.25) is 0 Å². The van der Waals surface area contributed by atoms with Gasteiger partial charge in [-0.25, -0.2) is 0 Å². The Labute approximate surface area is 39.1 Å². The molecule has 0 bridgehead atoms. The molecule has 0 aliphatic heterocycles. The van der Waals surface area contributed by atoms with Crippen LogP contribution in [0.15, 0.2) is 11.5 Å². The highest BCUT2D eigenvalue weighted by Gasteiger charge is 1.69. The summed E-state index contributed by atoms with van der Waals surface area (Å²) in [6.07, 6.45) is 0.975. The van der Waals surface area contributed by atoms with E-state index in [-0.39, 0.29) is 0 Å². The minimum atomic E-state index is 0.949. The van der Waals surface area contributed by atoms with Gasteiger partial charge in [-0.2, -0.15) is 0 Å². The molecule has 0 unspecified atom stereocenters. The molecule has 0 aliphatic rings. The lowest BCUT2D eigenvalue weighted by Gasteiger charge is -1.78. The minimum Gasteiger partial charge on any atom is -0.149 e. The number of thiol groups is 1. The zero-order chi connectivity index (χ0) is 4.28. The Balaban J connectivity index is 2.85. The Morgan fingerprint density at radius 1 is 2.00 bits per heavy atom. The van der Waals surface area contributed by atoms with E-state index in [1.54, 1.807) is 0 Å². The predicted octanol–water partition coefficient (Wildman–Crippen LogP) is 0.481. The van der Waals surface area contributed by atoms with Gasteiger partial charge in [-0.1, -0.05) is 12.9 Å². The van der Waals surface area contributed by atoms with Crippen LogP contribution in [0, 0.1) is 0 Å². The molecule has 0 atom stereocenters. The Hall–Kier alpha value is 0.155. The summed E-state index contributed by atoms with van der Waals surface area (Å²) in [4.78, 5) is 0.949. The fourth-order valence-corrected chi connectivity index (χ4v) is 0. The summed E-state index contributed by atoms with van der Waals surface area (Å²) in [6, 6.07) is 0. The summed E-state index contributed by atoms with van der Waals surface area (Å²) in [5.41, 5.74) is 0. The van der Waals surface area contributed by atoms with Crippen molar-refractivity contribution in [3.63, 3.8) is 0 Å². The van der Waals surface area contributed by atoms with Crippen molar-refractivity contribution in [1.29, 1.82) is 0 Å². The molecule has 0 fully saturated rings. The van der Waals surface area contributed by atoms with Gasteiger partial charge in [0.15, 0.2) is 0 Å². The summed E-state index contributed by atoms with van der Waals surface area (Å²) in [5.74, 6) is 0. The minimum absolute atomic E-state index is 0.949. The molecule has 0 amide bonds. The normalized spacial score (nSPS) is 7.40. The summed E-state index contributed by atoms with van der Waals surface area (Å²) in [5, 5.41) is 0. The second kappa shape index (κ2) is 2.40. The lowest BCUT2D eigenvalue weighted by atomic mass is 10.1. The van der Waals surface area contributed by atoms with Crippen LogP contribution in [0.5, 0.6) is 0 Å². The van der Waals surface area contributed by atoms with Crippen LogP contribution in [0.1, 0.15) is 0 Å².